The lowest BCUT2D eigenvalue weighted by Crippen LogP contribution is -2.63. The molecule has 4 rings (SSSR count). The highest BCUT2D eigenvalue weighted by atomic mass is 32.2. The predicted octanol–water partition coefficient (Wildman–Crippen LogP) is 1.71. The van der Waals surface area contributed by atoms with Crippen LogP contribution in [0.1, 0.15) is 25.7 Å². The number of sulfonamides is 1. The highest BCUT2D eigenvalue weighted by Crippen LogP contribution is 2.41. The third-order valence-corrected chi connectivity index (χ3v) is 7.43. The highest BCUT2D eigenvalue weighted by Gasteiger charge is 2.53. The number of benzene rings is 1. The minimum absolute atomic E-state index is 0.254. The standard InChI is InChI=1S/C18H26N2O4S/c1-23-15-4-6-17(7-5-15)25(21,22)20-13-18(14-20)9-8-16(24-18)12-19-10-2-3-11-19/h4-7,16H,2-3,8-14H2,1H3/t16-/m1/s1. The number of methoxy groups -OCH3 is 1. The molecule has 138 valence electrons. The fourth-order valence-corrected chi connectivity index (χ4v) is 5.76. The van der Waals surface area contributed by atoms with Gasteiger partial charge >= 0.3 is 0 Å². The monoisotopic (exact) mass is 366 g/mol. The van der Waals surface area contributed by atoms with Crippen molar-refractivity contribution in [2.24, 2.45) is 0 Å². The third-order valence-electron chi connectivity index (χ3n) is 5.63. The second-order valence-corrected chi connectivity index (χ2v) is 9.36. The van der Waals surface area contributed by atoms with Crippen molar-refractivity contribution in [2.75, 3.05) is 39.8 Å². The van der Waals surface area contributed by atoms with Gasteiger partial charge in [0.05, 0.1) is 23.7 Å². The Hall–Kier alpha value is -1.15. The molecule has 1 aromatic carbocycles. The largest absolute Gasteiger partial charge is 0.497 e. The Morgan fingerprint density at radius 1 is 1.20 bits per heavy atom. The molecule has 0 radical (unpaired) electrons. The van der Waals surface area contributed by atoms with E-state index in [9.17, 15) is 8.42 Å². The van der Waals surface area contributed by atoms with Gasteiger partial charge in [0.15, 0.2) is 0 Å². The lowest BCUT2D eigenvalue weighted by molar-refractivity contribution is -0.111. The predicted molar refractivity (Wildman–Crippen MR) is 94.3 cm³/mol. The maximum Gasteiger partial charge on any atom is 0.243 e. The minimum atomic E-state index is -3.44. The molecule has 25 heavy (non-hydrogen) atoms. The van der Waals surface area contributed by atoms with Gasteiger partial charge in [-0.25, -0.2) is 8.42 Å². The molecule has 0 bridgehead atoms. The molecule has 0 saturated carbocycles. The Balaban J connectivity index is 1.36. The van der Waals surface area contributed by atoms with Gasteiger partial charge in [-0.2, -0.15) is 4.31 Å². The molecule has 6 nitrogen and oxygen atoms in total. The van der Waals surface area contributed by atoms with Crippen LogP contribution in [0.15, 0.2) is 29.2 Å². The van der Waals surface area contributed by atoms with Crippen molar-refractivity contribution < 1.29 is 17.9 Å². The summed E-state index contributed by atoms with van der Waals surface area (Å²) in [6.07, 6.45) is 4.81. The van der Waals surface area contributed by atoms with E-state index in [4.69, 9.17) is 9.47 Å². The van der Waals surface area contributed by atoms with E-state index < -0.39 is 10.0 Å². The zero-order valence-electron chi connectivity index (χ0n) is 14.7. The Bertz CT molecular complexity index is 707. The Kier molecular flexibility index (Phi) is 4.52. The molecule has 3 aliphatic heterocycles. The molecule has 1 aromatic rings. The summed E-state index contributed by atoms with van der Waals surface area (Å²) in [6, 6.07) is 6.57. The van der Waals surface area contributed by atoms with E-state index in [1.807, 2.05) is 0 Å². The Morgan fingerprint density at radius 2 is 1.88 bits per heavy atom. The van der Waals surface area contributed by atoms with E-state index in [0.717, 1.165) is 19.4 Å². The number of hydrogen-bond acceptors (Lipinski definition) is 5. The number of nitrogens with zero attached hydrogens (tertiary/aromatic N) is 2. The lowest BCUT2D eigenvalue weighted by Gasteiger charge is -2.46. The maximum atomic E-state index is 12.7. The van der Waals surface area contributed by atoms with Crippen LogP contribution in [0.4, 0.5) is 0 Å². The van der Waals surface area contributed by atoms with Crippen molar-refractivity contribution >= 4 is 10.0 Å². The molecule has 3 fully saturated rings. The zero-order valence-corrected chi connectivity index (χ0v) is 15.5. The molecule has 0 amide bonds. The summed E-state index contributed by atoms with van der Waals surface area (Å²) in [6.45, 7) is 4.28. The molecule has 0 unspecified atom stereocenters. The summed E-state index contributed by atoms with van der Waals surface area (Å²) in [4.78, 5) is 2.78. The van der Waals surface area contributed by atoms with Gasteiger partial charge in [-0.15, -0.1) is 0 Å². The van der Waals surface area contributed by atoms with Crippen LogP contribution in [-0.4, -0.2) is 69.2 Å². The van der Waals surface area contributed by atoms with Gasteiger partial charge in [0.1, 0.15) is 5.75 Å². The van der Waals surface area contributed by atoms with Gasteiger partial charge in [-0.3, -0.25) is 0 Å². The van der Waals surface area contributed by atoms with Gasteiger partial charge in [0, 0.05) is 19.6 Å². The van der Waals surface area contributed by atoms with E-state index in [0.29, 0.717) is 23.7 Å². The molecular weight excluding hydrogens is 340 g/mol. The molecular formula is C18H26N2O4S. The fraction of sp³-hybridized carbons (Fsp3) is 0.667. The van der Waals surface area contributed by atoms with Crippen LogP contribution < -0.4 is 4.74 Å². The number of hydrogen-bond donors (Lipinski definition) is 0. The van der Waals surface area contributed by atoms with Gasteiger partial charge in [0.25, 0.3) is 0 Å². The normalized spacial score (nSPS) is 26.8. The first-order valence-corrected chi connectivity index (χ1v) is 10.5. The smallest absolute Gasteiger partial charge is 0.243 e. The molecule has 0 aliphatic carbocycles. The third kappa shape index (κ3) is 3.30. The fourth-order valence-electron chi connectivity index (χ4n) is 4.17. The molecule has 0 aromatic heterocycles. The maximum absolute atomic E-state index is 12.7. The lowest BCUT2D eigenvalue weighted by atomic mass is 9.93. The van der Waals surface area contributed by atoms with Gasteiger partial charge in [-0.1, -0.05) is 0 Å². The summed E-state index contributed by atoms with van der Waals surface area (Å²) in [7, 11) is -1.88. The topological polar surface area (TPSA) is 59.1 Å². The summed E-state index contributed by atoms with van der Waals surface area (Å²) in [5.41, 5.74) is -0.260. The first-order valence-electron chi connectivity index (χ1n) is 9.05. The summed E-state index contributed by atoms with van der Waals surface area (Å²) in [5.74, 6) is 0.655. The molecule has 3 saturated heterocycles. The first kappa shape index (κ1) is 17.3. The van der Waals surface area contributed by atoms with Crippen LogP contribution in [-0.2, 0) is 14.8 Å². The highest BCUT2D eigenvalue weighted by molar-refractivity contribution is 7.89. The first-order chi connectivity index (χ1) is 12.0. The van der Waals surface area contributed by atoms with Gasteiger partial charge in [-0.05, 0) is 63.0 Å². The minimum Gasteiger partial charge on any atom is -0.497 e. The van der Waals surface area contributed by atoms with E-state index in [1.165, 1.54) is 30.2 Å². The summed E-state index contributed by atoms with van der Waals surface area (Å²) >= 11 is 0. The molecule has 7 heteroatoms. The molecule has 1 atom stereocenters. The summed E-state index contributed by atoms with van der Waals surface area (Å²) < 4.78 is 38.4. The van der Waals surface area contributed by atoms with Crippen LogP contribution in [0, 0.1) is 0 Å². The molecule has 1 spiro atoms. The average Bonchev–Trinajstić information content (AvgIpc) is 3.24. The quantitative estimate of drug-likeness (QED) is 0.794. The van der Waals surface area contributed by atoms with Crippen molar-refractivity contribution in [1.29, 1.82) is 0 Å². The van der Waals surface area contributed by atoms with Crippen molar-refractivity contribution in [2.45, 2.75) is 42.3 Å². The average molecular weight is 366 g/mol. The molecule has 3 aliphatic rings. The van der Waals surface area contributed by atoms with Crippen LogP contribution in [0.25, 0.3) is 0 Å². The molecule has 0 N–H and O–H groups in total. The van der Waals surface area contributed by atoms with Crippen molar-refractivity contribution in [3.8, 4) is 5.75 Å². The number of rotatable bonds is 5. The molecule has 3 heterocycles. The van der Waals surface area contributed by atoms with E-state index in [1.54, 1.807) is 31.4 Å². The van der Waals surface area contributed by atoms with Crippen molar-refractivity contribution in [3.63, 3.8) is 0 Å². The van der Waals surface area contributed by atoms with Crippen molar-refractivity contribution in [3.05, 3.63) is 24.3 Å². The van der Waals surface area contributed by atoms with Gasteiger partial charge in [0.2, 0.25) is 10.0 Å². The van der Waals surface area contributed by atoms with E-state index in [2.05, 4.69) is 4.90 Å². The second-order valence-electron chi connectivity index (χ2n) is 7.42. The van der Waals surface area contributed by atoms with Crippen LogP contribution in [0.5, 0.6) is 5.75 Å². The number of likely N-dealkylation sites (tertiary alicyclic amines) is 1. The van der Waals surface area contributed by atoms with Crippen LogP contribution >= 0.6 is 0 Å². The SMILES string of the molecule is COc1ccc(S(=O)(=O)N2CC3(CC[C@H](CN4CCCC4)O3)C2)cc1. The van der Waals surface area contributed by atoms with Crippen LogP contribution in [0.3, 0.4) is 0 Å². The van der Waals surface area contributed by atoms with Crippen molar-refractivity contribution in [1.82, 2.24) is 9.21 Å². The second kappa shape index (κ2) is 6.54. The Morgan fingerprint density at radius 3 is 2.52 bits per heavy atom. The summed E-state index contributed by atoms with van der Waals surface area (Å²) in [5, 5.41) is 0. The zero-order chi connectivity index (χ0) is 17.5. The van der Waals surface area contributed by atoms with E-state index in [-0.39, 0.29) is 11.7 Å². The van der Waals surface area contributed by atoms with Gasteiger partial charge < -0.3 is 14.4 Å². The van der Waals surface area contributed by atoms with E-state index >= 15 is 0 Å². The number of ether oxygens (including phenoxy) is 2. The van der Waals surface area contributed by atoms with Crippen LogP contribution in [0.2, 0.25) is 0 Å². The Labute approximate surface area is 149 Å².